The summed E-state index contributed by atoms with van der Waals surface area (Å²) in [6.07, 6.45) is -1.34. The molecule has 2 aliphatic rings. The van der Waals surface area contributed by atoms with Crippen LogP contribution < -0.4 is 11.6 Å². The number of ether oxygens (including phenoxy) is 3. The van der Waals surface area contributed by atoms with Gasteiger partial charge in [0, 0.05) is 18.2 Å². The fourth-order valence-electron chi connectivity index (χ4n) is 3.38. The van der Waals surface area contributed by atoms with Crippen LogP contribution in [0.25, 0.3) is 5.70 Å². The van der Waals surface area contributed by atoms with E-state index in [4.69, 9.17) is 25.8 Å². The highest BCUT2D eigenvalue weighted by atomic mass is 19.2. The maximum atomic E-state index is 13.5. The predicted octanol–water partition coefficient (Wildman–Crippen LogP) is 1.30. The second kappa shape index (κ2) is 7.82. The highest BCUT2D eigenvalue weighted by Crippen LogP contribution is 2.34. The topological polar surface area (TPSA) is 120 Å². The van der Waals surface area contributed by atoms with Gasteiger partial charge in [-0.05, 0) is 26.0 Å². The van der Waals surface area contributed by atoms with E-state index in [-0.39, 0.29) is 24.3 Å². The molecule has 1 aromatic carbocycles. The van der Waals surface area contributed by atoms with Crippen molar-refractivity contribution in [1.82, 2.24) is 5.01 Å². The second-order valence-corrected chi connectivity index (χ2v) is 7.38. The summed E-state index contributed by atoms with van der Waals surface area (Å²) in [6.45, 7) is 3.48. The average Bonchev–Trinajstić information content (AvgIpc) is 2.63. The minimum Gasteiger partial charge on any atom is -0.479 e. The van der Waals surface area contributed by atoms with Crippen LogP contribution in [0.1, 0.15) is 25.8 Å². The number of benzene rings is 1. The molecule has 4 unspecified atom stereocenters. The lowest BCUT2D eigenvalue weighted by molar-refractivity contribution is -0.335. The molecule has 5 N–H and O–H groups in total. The van der Waals surface area contributed by atoms with Crippen molar-refractivity contribution in [1.29, 1.82) is 0 Å². The van der Waals surface area contributed by atoms with Gasteiger partial charge in [-0.15, -0.1) is 0 Å². The number of carboxylic acids is 1. The quantitative estimate of drug-likeness (QED) is 0.381. The maximum absolute atomic E-state index is 13.5. The lowest BCUT2D eigenvalue weighted by Gasteiger charge is -2.49. The largest absolute Gasteiger partial charge is 0.479 e. The molecule has 2 fully saturated rings. The van der Waals surface area contributed by atoms with Crippen LogP contribution in [-0.4, -0.2) is 52.8 Å². The number of hydrogen-bond acceptors (Lipinski definition) is 7. The standard InChI is InChI=1S/C18H22F3N3O5/c1-18(2)27-7-14-16(29-18)12(5-13(28-14)17(25)26)24(23)6-11(22)8-3-9(19)15(21)10(20)4-8/h3-4,6,12-14,16H,5,7,22-23H2,1-2H3,(H,25,26)/b11-6-. The monoisotopic (exact) mass is 417 g/mol. The van der Waals surface area contributed by atoms with Crippen LogP contribution >= 0.6 is 0 Å². The zero-order valence-electron chi connectivity index (χ0n) is 15.8. The molecule has 160 valence electrons. The molecule has 1 aromatic rings. The minimum absolute atomic E-state index is 0.0288. The molecule has 11 heteroatoms. The molecule has 3 rings (SSSR count). The van der Waals surface area contributed by atoms with Crippen LogP contribution in [0.4, 0.5) is 13.2 Å². The Morgan fingerprint density at radius 2 is 1.93 bits per heavy atom. The first-order valence-electron chi connectivity index (χ1n) is 8.84. The molecule has 0 aliphatic carbocycles. The first-order chi connectivity index (χ1) is 13.5. The van der Waals surface area contributed by atoms with Gasteiger partial charge >= 0.3 is 5.97 Å². The normalized spacial score (nSPS) is 29.2. The van der Waals surface area contributed by atoms with Crippen LogP contribution in [0.15, 0.2) is 18.3 Å². The third kappa shape index (κ3) is 4.47. The summed E-state index contributed by atoms with van der Waals surface area (Å²) < 4.78 is 57.1. The highest BCUT2D eigenvalue weighted by Gasteiger charge is 2.49. The fraction of sp³-hybridized carbons (Fsp3) is 0.500. The summed E-state index contributed by atoms with van der Waals surface area (Å²) in [5.41, 5.74) is 5.61. The zero-order chi connectivity index (χ0) is 21.5. The van der Waals surface area contributed by atoms with Crippen LogP contribution in [0.2, 0.25) is 0 Å². The molecule has 2 heterocycles. The number of aliphatic carboxylic acids is 1. The summed E-state index contributed by atoms with van der Waals surface area (Å²) in [5.74, 6) is -0.428. The van der Waals surface area contributed by atoms with Crippen molar-refractivity contribution >= 4 is 11.7 Å². The molecule has 0 amide bonds. The zero-order valence-corrected chi connectivity index (χ0v) is 15.8. The van der Waals surface area contributed by atoms with Crippen molar-refractivity contribution < 1.29 is 37.3 Å². The van der Waals surface area contributed by atoms with Gasteiger partial charge in [-0.3, -0.25) is 0 Å². The summed E-state index contributed by atoms with van der Waals surface area (Å²) in [7, 11) is 0. The van der Waals surface area contributed by atoms with Gasteiger partial charge in [-0.25, -0.2) is 23.8 Å². The van der Waals surface area contributed by atoms with Gasteiger partial charge in [0.2, 0.25) is 0 Å². The Kier molecular flexibility index (Phi) is 5.77. The molecule has 8 nitrogen and oxygen atoms in total. The molecule has 29 heavy (non-hydrogen) atoms. The summed E-state index contributed by atoms with van der Waals surface area (Å²) in [5, 5.41) is 10.5. The fourth-order valence-corrected chi connectivity index (χ4v) is 3.38. The minimum atomic E-state index is -1.61. The highest BCUT2D eigenvalue weighted by molar-refractivity contribution is 5.72. The predicted molar refractivity (Wildman–Crippen MR) is 94.1 cm³/mol. The molecule has 4 atom stereocenters. The van der Waals surface area contributed by atoms with Crippen molar-refractivity contribution in [2.75, 3.05) is 6.61 Å². The Hall–Kier alpha value is -2.34. The van der Waals surface area contributed by atoms with Crippen molar-refractivity contribution in [2.24, 2.45) is 11.6 Å². The van der Waals surface area contributed by atoms with Gasteiger partial charge in [0.1, 0.15) is 12.2 Å². The van der Waals surface area contributed by atoms with E-state index in [1.807, 2.05) is 0 Å². The van der Waals surface area contributed by atoms with Gasteiger partial charge in [0.25, 0.3) is 0 Å². The third-order valence-electron chi connectivity index (χ3n) is 4.82. The van der Waals surface area contributed by atoms with Crippen LogP contribution in [0.3, 0.4) is 0 Å². The van der Waals surface area contributed by atoms with Crippen molar-refractivity contribution in [3.8, 4) is 0 Å². The van der Waals surface area contributed by atoms with E-state index >= 15 is 0 Å². The Balaban J connectivity index is 1.88. The number of carbonyl (C=O) groups is 1. The lowest BCUT2D eigenvalue weighted by atomic mass is 9.93. The Bertz CT molecular complexity index is 812. The number of hydrogen-bond donors (Lipinski definition) is 3. The van der Waals surface area contributed by atoms with Gasteiger partial charge in [0.05, 0.1) is 18.3 Å². The van der Waals surface area contributed by atoms with Crippen LogP contribution in [0.5, 0.6) is 0 Å². The Morgan fingerprint density at radius 1 is 1.31 bits per heavy atom. The molecule has 0 aromatic heterocycles. The van der Waals surface area contributed by atoms with E-state index in [1.54, 1.807) is 13.8 Å². The first kappa shape index (κ1) is 21.4. The van der Waals surface area contributed by atoms with Gasteiger partial charge < -0.3 is 30.1 Å². The van der Waals surface area contributed by atoms with E-state index in [0.717, 1.165) is 17.1 Å². The maximum Gasteiger partial charge on any atom is 0.332 e. The first-order valence-corrected chi connectivity index (χ1v) is 8.84. The molecule has 0 bridgehead atoms. The number of carboxylic acid groups (broad SMARTS) is 1. The number of halogens is 3. The van der Waals surface area contributed by atoms with Gasteiger partial charge in [-0.2, -0.15) is 0 Å². The molecule has 0 saturated carbocycles. The molecular weight excluding hydrogens is 395 g/mol. The van der Waals surface area contributed by atoms with Crippen molar-refractivity contribution in [3.05, 3.63) is 41.3 Å². The van der Waals surface area contributed by atoms with Crippen molar-refractivity contribution in [3.63, 3.8) is 0 Å². The molecule has 0 spiro atoms. The molecule has 0 radical (unpaired) electrons. The van der Waals surface area contributed by atoms with E-state index in [1.165, 1.54) is 6.20 Å². The Labute approximate surface area is 164 Å². The van der Waals surface area contributed by atoms with E-state index in [0.29, 0.717) is 0 Å². The number of hydrazine groups is 1. The summed E-state index contributed by atoms with van der Waals surface area (Å²) in [6, 6.07) is 0.782. The number of nitrogens with zero attached hydrogens (tertiary/aromatic N) is 1. The SMILES string of the molecule is CC1(C)OCC2OC(C(=O)O)CC(N(N)/C=C(\N)c3cc(F)c(F)c(F)c3)C2O1. The van der Waals surface area contributed by atoms with Crippen LogP contribution in [0, 0.1) is 17.5 Å². The lowest BCUT2D eigenvalue weighted by Crippen LogP contribution is -2.64. The molecular formula is C18H22F3N3O5. The van der Waals surface area contributed by atoms with Crippen LogP contribution in [-0.2, 0) is 19.0 Å². The second-order valence-electron chi connectivity index (χ2n) is 7.38. The van der Waals surface area contributed by atoms with E-state index in [2.05, 4.69) is 0 Å². The number of fused-ring (bicyclic) bond motifs is 1. The third-order valence-corrected chi connectivity index (χ3v) is 4.82. The molecule has 2 aliphatic heterocycles. The van der Waals surface area contributed by atoms with Gasteiger partial charge in [0.15, 0.2) is 29.3 Å². The van der Waals surface area contributed by atoms with Crippen molar-refractivity contribution in [2.45, 2.75) is 50.4 Å². The van der Waals surface area contributed by atoms with E-state index < -0.39 is 53.6 Å². The van der Waals surface area contributed by atoms with Gasteiger partial charge in [-0.1, -0.05) is 0 Å². The number of nitrogens with two attached hydrogens (primary N) is 2. The smallest absolute Gasteiger partial charge is 0.332 e. The molecule has 2 saturated heterocycles. The summed E-state index contributed by atoms with van der Waals surface area (Å²) >= 11 is 0. The van der Waals surface area contributed by atoms with E-state index in [9.17, 15) is 23.1 Å². The average molecular weight is 417 g/mol. The number of rotatable bonds is 4. The Morgan fingerprint density at radius 3 is 2.52 bits per heavy atom. The summed E-state index contributed by atoms with van der Waals surface area (Å²) in [4.78, 5) is 11.5.